The fourth-order valence-electron chi connectivity index (χ4n) is 2.81. The van der Waals surface area contributed by atoms with Crippen molar-refractivity contribution >= 4 is 17.1 Å². The molecule has 3 rings (SSSR count). The molecular formula is C16H15F2N3O2. The van der Waals surface area contributed by atoms with Crippen LogP contribution in [0.2, 0.25) is 0 Å². The van der Waals surface area contributed by atoms with Crippen LogP contribution in [0.3, 0.4) is 0 Å². The van der Waals surface area contributed by atoms with Gasteiger partial charge in [-0.1, -0.05) is 12.1 Å². The number of nitro benzene ring substituents is 1. The van der Waals surface area contributed by atoms with E-state index in [9.17, 15) is 18.9 Å². The van der Waals surface area contributed by atoms with Crippen molar-refractivity contribution in [2.45, 2.75) is 0 Å². The quantitative estimate of drug-likeness (QED) is 0.644. The van der Waals surface area contributed by atoms with Crippen LogP contribution in [-0.4, -0.2) is 31.1 Å². The normalized spacial score (nSPS) is 14.9. The van der Waals surface area contributed by atoms with E-state index in [4.69, 9.17) is 0 Å². The predicted molar refractivity (Wildman–Crippen MR) is 83.9 cm³/mol. The number of hydrogen-bond donors (Lipinski definition) is 0. The minimum atomic E-state index is -0.634. The highest BCUT2D eigenvalue weighted by Gasteiger charge is 2.25. The number of para-hydroxylation sites is 1. The third-order valence-corrected chi connectivity index (χ3v) is 3.95. The standard InChI is InChI=1S/C16H15F2N3O2/c17-12-5-6-15(16(11-12)21(22)23)20-9-7-19(8-10-20)14-4-2-1-3-13(14)18/h1-6,11H,7-10H2. The molecule has 1 aliphatic heterocycles. The first-order valence-corrected chi connectivity index (χ1v) is 7.24. The van der Waals surface area contributed by atoms with Gasteiger partial charge < -0.3 is 9.80 Å². The van der Waals surface area contributed by atoms with Crippen molar-refractivity contribution in [1.82, 2.24) is 0 Å². The van der Waals surface area contributed by atoms with Gasteiger partial charge in [0.15, 0.2) is 0 Å². The maximum Gasteiger partial charge on any atom is 0.295 e. The first-order valence-electron chi connectivity index (χ1n) is 7.24. The molecule has 1 fully saturated rings. The molecule has 2 aromatic rings. The smallest absolute Gasteiger partial charge is 0.295 e. The molecule has 0 unspecified atom stereocenters. The second-order valence-electron chi connectivity index (χ2n) is 5.32. The summed E-state index contributed by atoms with van der Waals surface area (Å²) in [5.74, 6) is -0.917. The number of halogens is 2. The van der Waals surface area contributed by atoms with Crippen molar-refractivity contribution in [2.24, 2.45) is 0 Å². The molecule has 0 aromatic heterocycles. The van der Waals surface area contributed by atoms with Gasteiger partial charge in [-0.2, -0.15) is 0 Å². The number of benzene rings is 2. The van der Waals surface area contributed by atoms with Crippen LogP contribution in [0.25, 0.3) is 0 Å². The second-order valence-corrected chi connectivity index (χ2v) is 5.32. The minimum absolute atomic E-state index is 0.246. The zero-order valence-corrected chi connectivity index (χ0v) is 12.3. The van der Waals surface area contributed by atoms with Gasteiger partial charge in [-0.25, -0.2) is 8.78 Å². The lowest BCUT2D eigenvalue weighted by Gasteiger charge is -2.37. The van der Waals surface area contributed by atoms with E-state index in [1.807, 2.05) is 9.80 Å². The Hall–Kier alpha value is -2.70. The van der Waals surface area contributed by atoms with Crippen molar-refractivity contribution in [3.05, 3.63) is 64.2 Å². The highest BCUT2D eigenvalue weighted by atomic mass is 19.1. The van der Waals surface area contributed by atoms with Gasteiger partial charge in [0.05, 0.1) is 16.7 Å². The zero-order valence-electron chi connectivity index (χ0n) is 12.3. The summed E-state index contributed by atoms with van der Waals surface area (Å²) in [5.41, 5.74) is 0.676. The van der Waals surface area contributed by atoms with E-state index in [0.29, 0.717) is 37.6 Å². The molecule has 1 saturated heterocycles. The van der Waals surface area contributed by atoms with E-state index in [1.54, 1.807) is 18.2 Å². The summed E-state index contributed by atoms with van der Waals surface area (Å²) >= 11 is 0. The molecule has 23 heavy (non-hydrogen) atoms. The summed E-state index contributed by atoms with van der Waals surface area (Å²) < 4.78 is 27.1. The molecule has 0 spiro atoms. The van der Waals surface area contributed by atoms with Crippen LogP contribution in [0.1, 0.15) is 0 Å². The maximum atomic E-state index is 13.8. The molecule has 0 atom stereocenters. The number of piperazine rings is 1. The Kier molecular flexibility index (Phi) is 4.10. The zero-order chi connectivity index (χ0) is 16.4. The summed E-state index contributed by atoms with van der Waals surface area (Å²) in [6.07, 6.45) is 0. The molecule has 1 aliphatic rings. The lowest BCUT2D eigenvalue weighted by Crippen LogP contribution is -2.47. The van der Waals surface area contributed by atoms with Crippen LogP contribution in [-0.2, 0) is 0 Å². The number of hydrogen-bond acceptors (Lipinski definition) is 4. The number of nitrogens with zero attached hydrogens (tertiary/aromatic N) is 3. The lowest BCUT2D eigenvalue weighted by molar-refractivity contribution is -0.384. The van der Waals surface area contributed by atoms with Gasteiger partial charge in [-0.05, 0) is 24.3 Å². The van der Waals surface area contributed by atoms with Crippen LogP contribution in [0.5, 0.6) is 0 Å². The van der Waals surface area contributed by atoms with E-state index >= 15 is 0 Å². The van der Waals surface area contributed by atoms with E-state index < -0.39 is 10.7 Å². The van der Waals surface area contributed by atoms with E-state index in [0.717, 1.165) is 6.07 Å². The van der Waals surface area contributed by atoms with E-state index in [2.05, 4.69) is 0 Å². The van der Waals surface area contributed by atoms with Crippen molar-refractivity contribution in [1.29, 1.82) is 0 Å². The van der Waals surface area contributed by atoms with Gasteiger partial charge in [-0.15, -0.1) is 0 Å². The number of nitro groups is 1. The number of anilines is 2. The highest BCUT2D eigenvalue weighted by molar-refractivity contribution is 5.64. The molecule has 120 valence electrons. The Labute approximate surface area is 131 Å². The third-order valence-electron chi connectivity index (χ3n) is 3.95. The van der Waals surface area contributed by atoms with Crippen molar-refractivity contribution in [3.63, 3.8) is 0 Å². The lowest BCUT2D eigenvalue weighted by atomic mass is 10.2. The first-order chi connectivity index (χ1) is 11.1. The van der Waals surface area contributed by atoms with Gasteiger partial charge in [0.2, 0.25) is 0 Å². The molecule has 2 aromatic carbocycles. The molecular weight excluding hydrogens is 304 g/mol. The summed E-state index contributed by atoms with van der Waals surface area (Å²) in [7, 11) is 0. The summed E-state index contributed by atoms with van der Waals surface area (Å²) in [6, 6.07) is 10.1. The molecule has 7 heteroatoms. The molecule has 0 N–H and O–H groups in total. The molecule has 1 heterocycles. The predicted octanol–water partition coefficient (Wildman–Crippen LogP) is 3.20. The topological polar surface area (TPSA) is 49.6 Å². The summed E-state index contributed by atoms with van der Waals surface area (Å²) in [5, 5.41) is 11.1. The van der Waals surface area contributed by atoms with Crippen LogP contribution in [0.4, 0.5) is 25.8 Å². The molecule has 0 radical (unpaired) electrons. The molecule has 0 saturated carbocycles. The average Bonchev–Trinajstić information content (AvgIpc) is 2.55. The van der Waals surface area contributed by atoms with Gasteiger partial charge in [0.25, 0.3) is 5.69 Å². The maximum absolute atomic E-state index is 13.8. The SMILES string of the molecule is O=[N+]([O-])c1cc(F)ccc1N1CCN(c2ccccc2F)CC1. The Balaban J connectivity index is 1.77. The van der Waals surface area contributed by atoms with Gasteiger partial charge in [-0.3, -0.25) is 10.1 Å². The number of rotatable bonds is 3. The monoisotopic (exact) mass is 319 g/mol. The van der Waals surface area contributed by atoms with Crippen molar-refractivity contribution in [2.75, 3.05) is 36.0 Å². The van der Waals surface area contributed by atoms with Crippen LogP contribution >= 0.6 is 0 Å². The molecule has 0 aliphatic carbocycles. The van der Waals surface area contributed by atoms with Crippen LogP contribution in [0.15, 0.2) is 42.5 Å². The first kappa shape index (κ1) is 15.2. The van der Waals surface area contributed by atoms with Gasteiger partial charge >= 0.3 is 0 Å². The van der Waals surface area contributed by atoms with Crippen molar-refractivity contribution < 1.29 is 13.7 Å². The Morgan fingerprint density at radius 2 is 1.52 bits per heavy atom. The fourth-order valence-corrected chi connectivity index (χ4v) is 2.81. The van der Waals surface area contributed by atoms with E-state index in [-0.39, 0.29) is 11.5 Å². The Bertz CT molecular complexity index is 731. The largest absolute Gasteiger partial charge is 0.366 e. The average molecular weight is 319 g/mol. The molecule has 0 bridgehead atoms. The highest BCUT2D eigenvalue weighted by Crippen LogP contribution is 2.30. The van der Waals surface area contributed by atoms with E-state index in [1.165, 1.54) is 18.2 Å². The molecule has 0 amide bonds. The molecule has 5 nitrogen and oxygen atoms in total. The summed E-state index contributed by atoms with van der Waals surface area (Å²) in [6.45, 7) is 2.08. The Morgan fingerprint density at radius 3 is 2.13 bits per heavy atom. The summed E-state index contributed by atoms with van der Waals surface area (Å²) in [4.78, 5) is 14.2. The van der Waals surface area contributed by atoms with Gasteiger partial charge in [0, 0.05) is 26.2 Å². The fraction of sp³-hybridized carbons (Fsp3) is 0.250. The van der Waals surface area contributed by atoms with Crippen LogP contribution < -0.4 is 9.80 Å². The van der Waals surface area contributed by atoms with Crippen LogP contribution in [0, 0.1) is 21.7 Å². The van der Waals surface area contributed by atoms with Crippen molar-refractivity contribution in [3.8, 4) is 0 Å². The third kappa shape index (κ3) is 3.08. The second kappa shape index (κ2) is 6.20. The minimum Gasteiger partial charge on any atom is -0.366 e. The van der Waals surface area contributed by atoms with Gasteiger partial charge in [0.1, 0.15) is 17.3 Å². The Morgan fingerprint density at radius 1 is 0.913 bits per heavy atom.